The van der Waals surface area contributed by atoms with Gasteiger partial charge in [0.25, 0.3) is 11.1 Å². The molecule has 2 aromatic rings. The molecule has 88 valence electrons. The predicted octanol–water partition coefficient (Wildman–Crippen LogP) is 1.64. The summed E-state index contributed by atoms with van der Waals surface area (Å²) < 4.78 is 10.6. The van der Waals surface area contributed by atoms with E-state index in [0.29, 0.717) is 24.0 Å². The SMILES string of the molecule is O=C(c1ccco1)N1CC(Oc2nccs2)C1. The molecule has 17 heavy (non-hydrogen) atoms. The molecule has 3 rings (SSSR count). The van der Waals surface area contributed by atoms with Gasteiger partial charge in [-0.05, 0) is 12.1 Å². The van der Waals surface area contributed by atoms with E-state index < -0.39 is 0 Å². The highest BCUT2D eigenvalue weighted by Crippen LogP contribution is 2.21. The van der Waals surface area contributed by atoms with Gasteiger partial charge >= 0.3 is 0 Å². The van der Waals surface area contributed by atoms with Gasteiger partial charge in [-0.15, -0.1) is 0 Å². The average Bonchev–Trinajstić information content (AvgIpc) is 2.94. The Morgan fingerprint density at radius 2 is 2.47 bits per heavy atom. The number of carbonyl (C=O) groups excluding carboxylic acids is 1. The zero-order valence-electron chi connectivity index (χ0n) is 8.91. The van der Waals surface area contributed by atoms with Crippen molar-refractivity contribution in [1.29, 1.82) is 0 Å². The number of carbonyl (C=O) groups is 1. The number of ether oxygens (including phenoxy) is 1. The summed E-state index contributed by atoms with van der Waals surface area (Å²) in [6, 6.07) is 3.37. The zero-order valence-corrected chi connectivity index (χ0v) is 9.72. The van der Waals surface area contributed by atoms with Gasteiger partial charge in [0.05, 0.1) is 19.4 Å². The summed E-state index contributed by atoms with van der Waals surface area (Å²) in [6.45, 7) is 1.16. The molecule has 1 fully saturated rings. The van der Waals surface area contributed by atoms with E-state index in [9.17, 15) is 4.79 Å². The zero-order chi connectivity index (χ0) is 11.7. The Hall–Kier alpha value is -1.82. The maximum Gasteiger partial charge on any atom is 0.289 e. The van der Waals surface area contributed by atoms with Crippen LogP contribution >= 0.6 is 11.3 Å². The van der Waals surface area contributed by atoms with Crippen LogP contribution in [0.3, 0.4) is 0 Å². The molecule has 1 saturated heterocycles. The Labute approximate surface area is 102 Å². The molecule has 3 heterocycles. The van der Waals surface area contributed by atoms with Crippen LogP contribution in [0, 0.1) is 0 Å². The topological polar surface area (TPSA) is 55.6 Å². The highest BCUT2D eigenvalue weighted by atomic mass is 32.1. The molecule has 0 radical (unpaired) electrons. The molecule has 1 aliphatic rings. The van der Waals surface area contributed by atoms with Crippen LogP contribution in [0.25, 0.3) is 0 Å². The van der Waals surface area contributed by atoms with Crippen molar-refractivity contribution in [2.45, 2.75) is 6.10 Å². The van der Waals surface area contributed by atoms with E-state index in [-0.39, 0.29) is 12.0 Å². The van der Waals surface area contributed by atoms with Gasteiger partial charge in [-0.2, -0.15) is 0 Å². The minimum atomic E-state index is -0.0889. The van der Waals surface area contributed by atoms with E-state index in [1.807, 2.05) is 5.38 Å². The van der Waals surface area contributed by atoms with Gasteiger partial charge in [-0.3, -0.25) is 4.79 Å². The molecule has 0 atom stereocenters. The van der Waals surface area contributed by atoms with Crippen molar-refractivity contribution < 1.29 is 13.9 Å². The van der Waals surface area contributed by atoms with Crippen LogP contribution in [0.15, 0.2) is 34.4 Å². The largest absolute Gasteiger partial charge is 0.463 e. The van der Waals surface area contributed by atoms with Crippen LogP contribution in [0.2, 0.25) is 0 Å². The smallest absolute Gasteiger partial charge is 0.289 e. The van der Waals surface area contributed by atoms with Gasteiger partial charge in [-0.25, -0.2) is 4.98 Å². The third-order valence-electron chi connectivity index (χ3n) is 2.54. The number of likely N-dealkylation sites (tertiary alicyclic amines) is 1. The summed E-state index contributed by atoms with van der Waals surface area (Å²) in [5.41, 5.74) is 0. The Bertz CT molecular complexity index is 489. The van der Waals surface area contributed by atoms with Crippen LogP contribution in [0.1, 0.15) is 10.6 Å². The molecule has 0 aromatic carbocycles. The first-order valence-corrected chi connectivity index (χ1v) is 6.10. The van der Waals surface area contributed by atoms with Crippen LogP contribution in [0.4, 0.5) is 0 Å². The highest BCUT2D eigenvalue weighted by Gasteiger charge is 2.34. The van der Waals surface area contributed by atoms with Gasteiger partial charge in [0.1, 0.15) is 6.10 Å². The standard InChI is InChI=1S/C11H10N2O3S/c14-10(9-2-1-4-15-9)13-6-8(7-13)16-11-12-3-5-17-11/h1-5,8H,6-7H2. The van der Waals surface area contributed by atoms with Crippen molar-refractivity contribution in [3.05, 3.63) is 35.7 Å². The summed E-state index contributed by atoms with van der Waals surface area (Å²) in [5, 5.41) is 2.51. The summed E-state index contributed by atoms with van der Waals surface area (Å²) in [7, 11) is 0. The molecule has 1 aliphatic heterocycles. The van der Waals surface area contributed by atoms with Crippen LogP contribution < -0.4 is 4.74 Å². The second-order valence-electron chi connectivity index (χ2n) is 3.73. The van der Waals surface area contributed by atoms with Crippen molar-refractivity contribution in [3.63, 3.8) is 0 Å². The normalized spacial score (nSPS) is 15.6. The monoisotopic (exact) mass is 250 g/mol. The number of rotatable bonds is 3. The Balaban J connectivity index is 1.53. The predicted molar refractivity (Wildman–Crippen MR) is 61.1 cm³/mol. The molecule has 0 unspecified atom stereocenters. The van der Waals surface area contributed by atoms with E-state index in [1.54, 1.807) is 23.2 Å². The molecule has 5 nitrogen and oxygen atoms in total. The fraction of sp³-hybridized carbons (Fsp3) is 0.273. The van der Waals surface area contributed by atoms with Gasteiger partial charge in [0.2, 0.25) is 0 Å². The number of nitrogens with zero attached hydrogens (tertiary/aromatic N) is 2. The molecule has 0 aliphatic carbocycles. The lowest BCUT2D eigenvalue weighted by Crippen LogP contribution is -2.56. The first kappa shape index (κ1) is 10.3. The summed E-state index contributed by atoms with van der Waals surface area (Å²) in [4.78, 5) is 17.5. The number of thiazole rings is 1. The first-order valence-electron chi connectivity index (χ1n) is 5.22. The van der Waals surface area contributed by atoms with E-state index in [4.69, 9.17) is 9.15 Å². The second-order valence-corrected chi connectivity index (χ2v) is 4.58. The van der Waals surface area contributed by atoms with Crippen molar-refractivity contribution >= 4 is 17.2 Å². The fourth-order valence-electron chi connectivity index (χ4n) is 1.65. The van der Waals surface area contributed by atoms with E-state index in [0.717, 1.165) is 0 Å². The molecular weight excluding hydrogens is 240 g/mol. The van der Waals surface area contributed by atoms with Gasteiger partial charge < -0.3 is 14.1 Å². The molecule has 0 spiro atoms. The van der Waals surface area contributed by atoms with Crippen molar-refractivity contribution in [2.75, 3.05) is 13.1 Å². The number of hydrogen-bond donors (Lipinski definition) is 0. The molecule has 6 heteroatoms. The molecule has 0 saturated carbocycles. The number of furan rings is 1. The lowest BCUT2D eigenvalue weighted by Gasteiger charge is -2.37. The lowest BCUT2D eigenvalue weighted by molar-refractivity contribution is 0.0154. The lowest BCUT2D eigenvalue weighted by atomic mass is 10.1. The van der Waals surface area contributed by atoms with Crippen molar-refractivity contribution in [3.8, 4) is 5.19 Å². The van der Waals surface area contributed by atoms with Crippen molar-refractivity contribution in [2.24, 2.45) is 0 Å². The minimum absolute atomic E-state index is 0.0417. The molecule has 0 bridgehead atoms. The molecule has 2 aromatic heterocycles. The van der Waals surface area contributed by atoms with E-state index in [1.165, 1.54) is 17.6 Å². The average molecular weight is 250 g/mol. The Morgan fingerprint density at radius 1 is 1.59 bits per heavy atom. The van der Waals surface area contributed by atoms with Gasteiger partial charge in [-0.1, -0.05) is 11.3 Å². The summed E-state index contributed by atoms with van der Waals surface area (Å²) >= 11 is 1.45. The first-order chi connectivity index (χ1) is 8.33. The Morgan fingerprint density at radius 3 is 3.12 bits per heavy atom. The van der Waals surface area contributed by atoms with E-state index >= 15 is 0 Å². The molecular formula is C11H10N2O3S. The van der Waals surface area contributed by atoms with Crippen LogP contribution in [-0.4, -0.2) is 35.0 Å². The number of amides is 1. The summed E-state index contributed by atoms with van der Waals surface area (Å²) in [5.74, 6) is 0.284. The number of aromatic nitrogens is 1. The maximum atomic E-state index is 11.8. The summed E-state index contributed by atoms with van der Waals surface area (Å²) in [6.07, 6.45) is 3.24. The second kappa shape index (κ2) is 4.21. The molecule has 1 amide bonds. The van der Waals surface area contributed by atoms with Crippen LogP contribution in [-0.2, 0) is 0 Å². The van der Waals surface area contributed by atoms with Gasteiger partial charge in [0.15, 0.2) is 5.76 Å². The minimum Gasteiger partial charge on any atom is -0.463 e. The third-order valence-corrected chi connectivity index (χ3v) is 3.21. The highest BCUT2D eigenvalue weighted by molar-refractivity contribution is 7.11. The molecule has 0 N–H and O–H groups in total. The number of hydrogen-bond acceptors (Lipinski definition) is 5. The van der Waals surface area contributed by atoms with Gasteiger partial charge in [0, 0.05) is 11.6 Å². The van der Waals surface area contributed by atoms with Crippen LogP contribution in [0.5, 0.6) is 5.19 Å². The quantitative estimate of drug-likeness (QED) is 0.831. The Kier molecular flexibility index (Phi) is 2.56. The maximum absolute atomic E-state index is 11.8. The fourth-order valence-corrected chi connectivity index (χ4v) is 2.20. The van der Waals surface area contributed by atoms with E-state index in [2.05, 4.69) is 4.98 Å². The van der Waals surface area contributed by atoms with Crippen molar-refractivity contribution in [1.82, 2.24) is 9.88 Å². The third kappa shape index (κ3) is 2.03.